The van der Waals surface area contributed by atoms with Gasteiger partial charge in [0.1, 0.15) is 5.75 Å². The van der Waals surface area contributed by atoms with Crippen molar-refractivity contribution in [2.24, 2.45) is 0 Å². The second-order valence-electron chi connectivity index (χ2n) is 4.87. The Hall–Kier alpha value is -1.26. The monoisotopic (exact) mass is 282 g/mol. The number of benzene rings is 1. The normalized spacial score (nSPS) is 20.2. The maximum Gasteiger partial charge on any atom is 0.237 e. The quantitative estimate of drug-likeness (QED) is 0.893. The predicted octanol–water partition coefficient (Wildman–Crippen LogP) is 2.15. The Morgan fingerprint density at radius 1 is 1.53 bits per heavy atom. The molecular formula is C14H19ClN2O2. The second-order valence-corrected chi connectivity index (χ2v) is 5.31. The molecule has 1 unspecified atom stereocenters. The van der Waals surface area contributed by atoms with E-state index in [1.165, 1.54) is 0 Å². The van der Waals surface area contributed by atoms with Crippen LogP contribution in [0.1, 0.15) is 24.8 Å². The molecule has 0 aliphatic carbocycles. The van der Waals surface area contributed by atoms with Crippen LogP contribution in [-0.4, -0.2) is 35.5 Å². The number of phenols is 1. The number of aromatic hydroxyl groups is 1. The molecule has 1 aromatic carbocycles. The molecule has 1 saturated heterocycles. The predicted molar refractivity (Wildman–Crippen MR) is 75.2 cm³/mol. The van der Waals surface area contributed by atoms with Gasteiger partial charge in [-0.25, -0.2) is 0 Å². The molecular weight excluding hydrogens is 264 g/mol. The summed E-state index contributed by atoms with van der Waals surface area (Å²) in [6, 6.07) is 4.90. The Morgan fingerprint density at radius 3 is 3.05 bits per heavy atom. The van der Waals surface area contributed by atoms with Gasteiger partial charge in [-0.3, -0.25) is 9.69 Å². The van der Waals surface area contributed by atoms with Crippen molar-refractivity contribution >= 4 is 17.5 Å². The number of carbonyl (C=O) groups excluding carboxylic acids is 1. The van der Waals surface area contributed by atoms with Crippen LogP contribution in [0.5, 0.6) is 5.75 Å². The van der Waals surface area contributed by atoms with E-state index in [1.54, 1.807) is 25.2 Å². The van der Waals surface area contributed by atoms with Gasteiger partial charge in [0.15, 0.2) is 0 Å². The third kappa shape index (κ3) is 3.39. The Kier molecular flexibility index (Phi) is 4.66. The summed E-state index contributed by atoms with van der Waals surface area (Å²) in [7, 11) is 1.66. The molecule has 0 saturated carbocycles. The smallest absolute Gasteiger partial charge is 0.237 e. The second kappa shape index (κ2) is 6.26. The molecule has 0 bridgehead atoms. The van der Waals surface area contributed by atoms with Crippen molar-refractivity contribution in [2.45, 2.75) is 31.8 Å². The lowest BCUT2D eigenvalue weighted by Gasteiger charge is -2.34. The average Bonchev–Trinajstić information content (AvgIpc) is 2.42. The maximum atomic E-state index is 11.9. The van der Waals surface area contributed by atoms with Gasteiger partial charge in [-0.1, -0.05) is 18.0 Å². The van der Waals surface area contributed by atoms with E-state index in [1.807, 2.05) is 0 Å². The van der Waals surface area contributed by atoms with Gasteiger partial charge in [-0.15, -0.1) is 0 Å². The first-order valence-electron chi connectivity index (χ1n) is 6.55. The van der Waals surface area contributed by atoms with E-state index < -0.39 is 0 Å². The molecule has 0 aromatic heterocycles. The molecule has 1 aliphatic heterocycles. The first-order valence-corrected chi connectivity index (χ1v) is 6.92. The Balaban J connectivity index is 2.15. The summed E-state index contributed by atoms with van der Waals surface area (Å²) in [4.78, 5) is 14.0. The molecule has 1 aromatic rings. The van der Waals surface area contributed by atoms with Gasteiger partial charge >= 0.3 is 0 Å². The zero-order chi connectivity index (χ0) is 13.8. The van der Waals surface area contributed by atoms with Crippen LogP contribution in [0.4, 0.5) is 0 Å². The van der Waals surface area contributed by atoms with Gasteiger partial charge in [-0.05, 0) is 37.6 Å². The lowest BCUT2D eigenvalue weighted by atomic mass is 10.0. The van der Waals surface area contributed by atoms with Crippen LogP contribution in [0.25, 0.3) is 0 Å². The molecule has 2 N–H and O–H groups in total. The number of carbonyl (C=O) groups is 1. The number of rotatable bonds is 3. The summed E-state index contributed by atoms with van der Waals surface area (Å²) < 4.78 is 0. The van der Waals surface area contributed by atoms with Gasteiger partial charge in [0.05, 0.1) is 6.04 Å². The van der Waals surface area contributed by atoms with Crippen molar-refractivity contribution in [1.82, 2.24) is 10.2 Å². The van der Waals surface area contributed by atoms with Crippen molar-refractivity contribution in [3.63, 3.8) is 0 Å². The molecule has 0 radical (unpaired) electrons. The number of nitrogens with one attached hydrogen (secondary N) is 1. The van der Waals surface area contributed by atoms with Crippen molar-refractivity contribution in [1.29, 1.82) is 0 Å². The van der Waals surface area contributed by atoms with E-state index in [-0.39, 0.29) is 17.7 Å². The third-order valence-corrected chi connectivity index (χ3v) is 3.81. The van der Waals surface area contributed by atoms with Crippen molar-refractivity contribution in [3.05, 3.63) is 28.8 Å². The molecule has 1 heterocycles. The molecule has 19 heavy (non-hydrogen) atoms. The molecule has 1 aliphatic rings. The van der Waals surface area contributed by atoms with E-state index in [0.29, 0.717) is 11.6 Å². The number of nitrogens with zero attached hydrogens (tertiary/aromatic N) is 1. The highest BCUT2D eigenvalue weighted by Gasteiger charge is 2.28. The molecule has 1 fully saturated rings. The standard InChI is InChI=1S/C14H19ClN2O2/c1-16-14(19)12-4-2-3-7-17(12)9-10-8-11(15)5-6-13(10)18/h5-6,8,12,18H,2-4,7,9H2,1H3,(H,16,19). The number of phenolic OH excluding ortho intramolecular Hbond substituents is 1. The van der Waals surface area contributed by atoms with Crippen LogP contribution in [0.15, 0.2) is 18.2 Å². The molecule has 2 rings (SSSR count). The van der Waals surface area contributed by atoms with Gasteiger partial charge in [0, 0.05) is 24.2 Å². The number of amides is 1. The number of likely N-dealkylation sites (tertiary alicyclic amines) is 1. The van der Waals surface area contributed by atoms with E-state index in [4.69, 9.17) is 11.6 Å². The highest BCUT2D eigenvalue weighted by atomic mass is 35.5. The van der Waals surface area contributed by atoms with Crippen LogP contribution in [0.3, 0.4) is 0 Å². The molecule has 0 spiro atoms. The van der Waals surface area contributed by atoms with E-state index in [0.717, 1.165) is 31.4 Å². The Labute approximate surface area is 118 Å². The number of hydrogen-bond acceptors (Lipinski definition) is 3. The molecule has 1 amide bonds. The summed E-state index contributed by atoms with van der Waals surface area (Å²) in [6.07, 6.45) is 3.01. The lowest BCUT2D eigenvalue weighted by molar-refractivity contribution is -0.127. The van der Waals surface area contributed by atoms with Gasteiger partial charge < -0.3 is 10.4 Å². The highest BCUT2D eigenvalue weighted by Crippen LogP contribution is 2.26. The van der Waals surface area contributed by atoms with E-state index in [2.05, 4.69) is 10.2 Å². The number of likely N-dealkylation sites (N-methyl/N-ethyl adjacent to an activating group) is 1. The van der Waals surface area contributed by atoms with Crippen molar-refractivity contribution in [3.8, 4) is 5.75 Å². The summed E-state index contributed by atoms with van der Waals surface area (Å²) in [6.45, 7) is 1.41. The van der Waals surface area contributed by atoms with E-state index in [9.17, 15) is 9.90 Å². The van der Waals surface area contributed by atoms with Crippen LogP contribution >= 0.6 is 11.6 Å². The Bertz CT molecular complexity index is 465. The van der Waals surface area contributed by atoms with Crippen LogP contribution in [0, 0.1) is 0 Å². The topological polar surface area (TPSA) is 52.6 Å². The summed E-state index contributed by atoms with van der Waals surface area (Å²) in [5, 5.41) is 13.2. The van der Waals surface area contributed by atoms with Gasteiger partial charge in [-0.2, -0.15) is 0 Å². The number of hydrogen-bond donors (Lipinski definition) is 2. The zero-order valence-electron chi connectivity index (χ0n) is 11.0. The van der Waals surface area contributed by atoms with E-state index >= 15 is 0 Å². The summed E-state index contributed by atoms with van der Waals surface area (Å²) in [5.74, 6) is 0.270. The number of piperidine rings is 1. The maximum absolute atomic E-state index is 11.9. The minimum Gasteiger partial charge on any atom is -0.508 e. The number of halogens is 1. The fourth-order valence-electron chi connectivity index (χ4n) is 2.54. The SMILES string of the molecule is CNC(=O)C1CCCCN1Cc1cc(Cl)ccc1O. The van der Waals surface area contributed by atoms with Crippen molar-refractivity contribution in [2.75, 3.05) is 13.6 Å². The van der Waals surface area contributed by atoms with Gasteiger partial charge in [0.2, 0.25) is 5.91 Å². The largest absolute Gasteiger partial charge is 0.508 e. The molecule has 5 heteroatoms. The minimum atomic E-state index is -0.114. The fraction of sp³-hybridized carbons (Fsp3) is 0.500. The molecule has 4 nitrogen and oxygen atoms in total. The average molecular weight is 283 g/mol. The van der Waals surface area contributed by atoms with Crippen LogP contribution in [-0.2, 0) is 11.3 Å². The Morgan fingerprint density at radius 2 is 2.32 bits per heavy atom. The first-order chi connectivity index (χ1) is 9.11. The molecule has 1 atom stereocenters. The fourth-order valence-corrected chi connectivity index (χ4v) is 2.74. The highest BCUT2D eigenvalue weighted by molar-refractivity contribution is 6.30. The summed E-state index contributed by atoms with van der Waals surface area (Å²) in [5.41, 5.74) is 0.767. The third-order valence-electron chi connectivity index (χ3n) is 3.58. The lowest BCUT2D eigenvalue weighted by Crippen LogP contribution is -2.48. The van der Waals surface area contributed by atoms with Gasteiger partial charge in [0.25, 0.3) is 0 Å². The zero-order valence-corrected chi connectivity index (χ0v) is 11.8. The molecule has 104 valence electrons. The van der Waals surface area contributed by atoms with Crippen molar-refractivity contribution < 1.29 is 9.90 Å². The van der Waals surface area contributed by atoms with Crippen LogP contribution in [0.2, 0.25) is 5.02 Å². The summed E-state index contributed by atoms with van der Waals surface area (Å²) >= 11 is 5.95. The first kappa shape index (κ1) is 14.2. The van der Waals surface area contributed by atoms with Crippen LogP contribution < -0.4 is 5.32 Å². The minimum absolute atomic E-state index is 0.0428.